The summed E-state index contributed by atoms with van der Waals surface area (Å²) in [6.07, 6.45) is 4.83. The fourth-order valence-corrected chi connectivity index (χ4v) is 5.01. The van der Waals surface area contributed by atoms with Crippen molar-refractivity contribution in [3.8, 4) is 22.8 Å². The second-order valence-electron chi connectivity index (χ2n) is 11.0. The number of allylic oxidation sites excluding steroid dienone is 1. The van der Waals surface area contributed by atoms with Crippen LogP contribution in [0.3, 0.4) is 0 Å². The van der Waals surface area contributed by atoms with Crippen LogP contribution in [0.5, 0.6) is 11.5 Å². The van der Waals surface area contributed by atoms with Crippen molar-refractivity contribution in [1.29, 1.82) is 0 Å². The Kier molecular flexibility index (Phi) is 7.26. The van der Waals surface area contributed by atoms with Crippen LogP contribution in [0.1, 0.15) is 39.7 Å². The number of rotatable bonds is 5. The lowest BCUT2D eigenvalue weighted by Crippen LogP contribution is -2.41. The highest BCUT2D eigenvalue weighted by Crippen LogP contribution is 2.37. The van der Waals surface area contributed by atoms with Crippen LogP contribution in [0, 0.1) is 17.8 Å². The maximum absolute atomic E-state index is 15.5. The number of anilines is 1. The zero-order valence-electron chi connectivity index (χ0n) is 22.8. The van der Waals surface area contributed by atoms with Gasteiger partial charge < -0.3 is 15.4 Å². The van der Waals surface area contributed by atoms with Crippen molar-refractivity contribution in [3.63, 3.8) is 0 Å². The molecule has 4 aromatic rings. The predicted molar refractivity (Wildman–Crippen MR) is 153 cm³/mol. The number of fused-ring (bicyclic) bond motifs is 1. The summed E-state index contributed by atoms with van der Waals surface area (Å²) >= 11 is 0. The monoisotopic (exact) mass is 538 g/mol. The molecule has 2 N–H and O–H groups in total. The van der Waals surface area contributed by atoms with E-state index in [0.29, 0.717) is 41.2 Å². The van der Waals surface area contributed by atoms with Gasteiger partial charge in [-0.3, -0.25) is 9.48 Å². The maximum atomic E-state index is 15.5. The summed E-state index contributed by atoms with van der Waals surface area (Å²) in [5, 5.41) is 5.39. The number of nitrogens with zero attached hydrogens (tertiary/aromatic N) is 5. The molecule has 204 valence electrons. The largest absolute Gasteiger partial charge is 0.457 e. The SMILES string of the molecule is [C-]#[N+]/C(=C\C(C)(C)C)C(=O)N1CCC[C@@H](n2nc(-c3ccc(Oc4ccccc4)cc3F)c3c(N)nccc32)C1. The molecule has 8 nitrogen and oxygen atoms in total. The maximum Gasteiger partial charge on any atom is 0.252 e. The second kappa shape index (κ2) is 10.8. The number of para-hydroxylation sites is 1. The summed E-state index contributed by atoms with van der Waals surface area (Å²) in [4.78, 5) is 22.7. The molecule has 1 amide bonds. The highest BCUT2D eigenvalue weighted by Gasteiger charge is 2.30. The Balaban J connectivity index is 1.49. The first kappa shape index (κ1) is 26.9. The van der Waals surface area contributed by atoms with E-state index in [1.165, 1.54) is 6.07 Å². The van der Waals surface area contributed by atoms with Crippen molar-refractivity contribution in [2.24, 2.45) is 5.41 Å². The zero-order valence-corrected chi connectivity index (χ0v) is 22.8. The van der Waals surface area contributed by atoms with Gasteiger partial charge in [-0.1, -0.05) is 45.0 Å². The third kappa shape index (κ3) is 5.52. The Morgan fingerprint density at radius 1 is 1.18 bits per heavy atom. The number of carbonyl (C=O) groups excluding carboxylic acids is 1. The molecule has 5 rings (SSSR count). The molecule has 1 aliphatic heterocycles. The van der Waals surface area contributed by atoms with Crippen LogP contribution in [0.25, 0.3) is 27.0 Å². The first-order valence-electron chi connectivity index (χ1n) is 13.2. The minimum atomic E-state index is -0.502. The third-order valence-electron chi connectivity index (χ3n) is 6.76. The number of nitrogens with two attached hydrogens (primary N) is 1. The van der Waals surface area contributed by atoms with Crippen molar-refractivity contribution in [2.45, 2.75) is 39.7 Å². The molecule has 1 atom stereocenters. The van der Waals surface area contributed by atoms with Gasteiger partial charge in [0, 0.05) is 30.9 Å². The fourth-order valence-electron chi connectivity index (χ4n) is 5.01. The molecule has 1 aliphatic rings. The quantitative estimate of drug-likeness (QED) is 0.228. The van der Waals surface area contributed by atoms with Gasteiger partial charge in [-0.15, -0.1) is 0 Å². The highest BCUT2D eigenvalue weighted by molar-refractivity contribution is 6.00. The number of hydrogen-bond donors (Lipinski definition) is 1. The van der Waals surface area contributed by atoms with Gasteiger partial charge in [0.2, 0.25) is 5.70 Å². The summed E-state index contributed by atoms with van der Waals surface area (Å²) in [5.74, 6) is 0.427. The zero-order chi connectivity index (χ0) is 28.4. The number of nitrogen functional groups attached to an aromatic ring is 1. The molecule has 3 heterocycles. The van der Waals surface area contributed by atoms with Gasteiger partial charge in [-0.2, -0.15) is 5.10 Å². The summed E-state index contributed by atoms with van der Waals surface area (Å²) in [5.41, 5.74) is 7.48. The molecule has 0 radical (unpaired) electrons. The molecule has 0 saturated carbocycles. The molecule has 0 aliphatic carbocycles. The Morgan fingerprint density at radius 2 is 1.95 bits per heavy atom. The van der Waals surface area contributed by atoms with E-state index < -0.39 is 5.82 Å². The number of pyridine rings is 1. The average molecular weight is 539 g/mol. The number of amides is 1. The van der Waals surface area contributed by atoms with Crippen molar-refractivity contribution in [2.75, 3.05) is 18.8 Å². The number of halogens is 1. The van der Waals surface area contributed by atoms with Crippen LogP contribution >= 0.6 is 0 Å². The number of hydrogen-bond acceptors (Lipinski definition) is 5. The molecule has 2 aromatic heterocycles. The molecule has 0 bridgehead atoms. The molecule has 0 spiro atoms. The molecule has 0 unspecified atom stereocenters. The molecular formula is C31H31FN6O2. The number of ether oxygens (including phenoxy) is 1. The van der Waals surface area contributed by atoms with Gasteiger partial charge in [0.15, 0.2) is 0 Å². The normalized spacial score (nSPS) is 16.1. The minimum Gasteiger partial charge on any atom is -0.457 e. The Bertz CT molecular complexity index is 1630. The average Bonchev–Trinajstić information content (AvgIpc) is 3.32. The summed E-state index contributed by atoms with van der Waals surface area (Å²) in [7, 11) is 0. The van der Waals surface area contributed by atoms with E-state index in [1.807, 2.05) is 43.7 Å². The Labute approximate surface area is 232 Å². The number of piperidine rings is 1. The Hall–Kier alpha value is -4.71. The topological polar surface area (TPSA) is 90.6 Å². The fraction of sp³-hybridized carbons (Fsp3) is 0.290. The second-order valence-corrected chi connectivity index (χ2v) is 11.0. The Morgan fingerprint density at radius 3 is 2.65 bits per heavy atom. The van der Waals surface area contributed by atoms with E-state index in [2.05, 4.69) is 9.83 Å². The third-order valence-corrected chi connectivity index (χ3v) is 6.76. The number of likely N-dealkylation sites (tertiary alicyclic amines) is 1. The summed E-state index contributed by atoms with van der Waals surface area (Å²) < 4.78 is 23.1. The lowest BCUT2D eigenvalue weighted by atomic mass is 9.95. The van der Waals surface area contributed by atoms with Crippen molar-refractivity contribution in [3.05, 3.63) is 89.8 Å². The van der Waals surface area contributed by atoms with E-state index in [0.717, 1.165) is 12.8 Å². The van der Waals surface area contributed by atoms with E-state index >= 15 is 4.39 Å². The summed E-state index contributed by atoms with van der Waals surface area (Å²) in [6, 6.07) is 15.4. The smallest absolute Gasteiger partial charge is 0.252 e. The molecule has 1 fully saturated rings. The molecule has 2 aromatic carbocycles. The van der Waals surface area contributed by atoms with Gasteiger partial charge in [-0.05, 0) is 48.6 Å². The van der Waals surface area contributed by atoms with Crippen molar-refractivity contribution in [1.82, 2.24) is 19.7 Å². The highest BCUT2D eigenvalue weighted by atomic mass is 19.1. The lowest BCUT2D eigenvalue weighted by Gasteiger charge is -2.33. The van der Waals surface area contributed by atoms with Gasteiger partial charge >= 0.3 is 0 Å². The van der Waals surface area contributed by atoms with Gasteiger partial charge in [-0.25, -0.2) is 14.2 Å². The standard InChI is InChI=1S/C31H31FN6O2/c1-31(2,3)18-25(34-4)30(39)37-16-8-9-20(19-37)38-26-14-15-35-29(33)27(26)28(36-38)23-13-12-22(17-24(23)32)40-21-10-6-5-7-11-21/h5-7,10-15,17-18,20H,8-9,16,19H2,1-3H3,(H2,33,35)/b25-18-/t20-/m1/s1. The van der Waals surface area contributed by atoms with E-state index in [9.17, 15) is 4.79 Å². The van der Waals surface area contributed by atoms with Crippen LogP contribution in [-0.4, -0.2) is 38.7 Å². The van der Waals surface area contributed by atoms with Crippen LogP contribution < -0.4 is 10.5 Å². The lowest BCUT2D eigenvalue weighted by molar-refractivity contribution is -0.128. The van der Waals surface area contributed by atoms with Gasteiger partial charge in [0.05, 0.1) is 23.5 Å². The van der Waals surface area contributed by atoms with Gasteiger partial charge in [0.25, 0.3) is 5.91 Å². The first-order chi connectivity index (χ1) is 19.1. The number of carbonyl (C=O) groups is 1. The van der Waals surface area contributed by atoms with Crippen LogP contribution in [-0.2, 0) is 4.79 Å². The molecular weight excluding hydrogens is 507 g/mol. The summed E-state index contributed by atoms with van der Waals surface area (Å²) in [6.45, 7) is 14.4. The number of aromatic nitrogens is 3. The van der Waals surface area contributed by atoms with Gasteiger partial charge in [0.1, 0.15) is 28.8 Å². The van der Waals surface area contributed by atoms with Crippen molar-refractivity contribution >= 4 is 22.6 Å². The van der Waals surface area contributed by atoms with E-state index in [1.54, 1.807) is 47.5 Å². The van der Waals surface area contributed by atoms with E-state index in [-0.39, 0.29) is 34.4 Å². The predicted octanol–water partition coefficient (Wildman–Crippen LogP) is 6.62. The first-order valence-corrected chi connectivity index (χ1v) is 13.2. The van der Waals surface area contributed by atoms with Crippen LogP contribution in [0.4, 0.5) is 10.2 Å². The number of benzene rings is 2. The molecule has 1 saturated heterocycles. The molecule has 9 heteroatoms. The van der Waals surface area contributed by atoms with Crippen LogP contribution in [0.15, 0.2) is 72.6 Å². The van der Waals surface area contributed by atoms with Crippen LogP contribution in [0.2, 0.25) is 0 Å². The van der Waals surface area contributed by atoms with E-state index in [4.69, 9.17) is 22.1 Å². The molecule has 40 heavy (non-hydrogen) atoms. The minimum absolute atomic E-state index is 0.118. The van der Waals surface area contributed by atoms with Crippen molar-refractivity contribution < 1.29 is 13.9 Å².